The Hall–Kier alpha value is -3.51. The molecule has 0 aliphatic carbocycles. The van der Waals surface area contributed by atoms with Gasteiger partial charge in [0.05, 0.1) is 30.5 Å². The molecule has 3 aromatic rings. The molecule has 6 heteroatoms. The third-order valence-corrected chi connectivity index (χ3v) is 5.50. The number of anilines is 1. The molecule has 3 aromatic carbocycles. The number of amides is 1. The fourth-order valence-electron chi connectivity index (χ4n) is 3.05. The summed E-state index contributed by atoms with van der Waals surface area (Å²) < 4.78 is 10.7. The van der Waals surface area contributed by atoms with Crippen molar-refractivity contribution < 1.29 is 14.3 Å². The second-order valence-corrected chi connectivity index (χ2v) is 7.43. The molecule has 1 aliphatic rings. The van der Waals surface area contributed by atoms with Gasteiger partial charge < -0.3 is 9.47 Å². The van der Waals surface area contributed by atoms with Gasteiger partial charge in [0.2, 0.25) is 0 Å². The minimum absolute atomic E-state index is 0.126. The minimum atomic E-state index is -0.126. The van der Waals surface area contributed by atoms with E-state index in [-0.39, 0.29) is 5.91 Å². The van der Waals surface area contributed by atoms with E-state index >= 15 is 0 Å². The van der Waals surface area contributed by atoms with Crippen LogP contribution in [-0.4, -0.2) is 25.3 Å². The van der Waals surface area contributed by atoms with E-state index in [0.717, 1.165) is 16.9 Å². The Labute approximate surface area is 179 Å². The maximum atomic E-state index is 13.3. The first-order valence-electron chi connectivity index (χ1n) is 9.34. The van der Waals surface area contributed by atoms with Crippen molar-refractivity contribution in [3.8, 4) is 11.5 Å². The van der Waals surface area contributed by atoms with Crippen LogP contribution in [0.2, 0.25) is 0 Å². The van der Waals surface area contributed by atoms with Crippen molar-refractivity contribution in [1.82, 2.24) is 0 Å². The molecule has 150 valence electrons. The van der Waals surface area contributed by atoms with Crippen LogP contribution in [0.3, 0.4) is 0 Å². The number of aliphatic imine (C=N–C) groups is 1. The number of para-hydroxylation sites is 2. The van der Waals surface area contributed by atoms with Crippen molar-refractivity contribution in [1.29, 1.82) is 0 Å². The van der Waals surface area contributed by atoms with E-state index in [9.17, 15) is 4.79 Å². The van der Waals surface area contributed by atoms with E-state index in [1.54, 1.807) is 25.2 Å². The average Bonchev–Trinajstić information content (AvgIpc) is 3.09. The summed E-state index contributed by atoms with van der Waals surface area (Å²) in [5, 5.41) is 0.608. The number of carbonyl (C=O) groups is 1. The number of benzene rings is 3. The average molecular weight is 417 g/mol. The molecule has 0 radical (unpaired) electrons. The Morgan fingerprint density at radius 3 is 2.27 bits per heavy atom. The van der Waals surface area contributed by atoms with E-state index in [1.165, 1.54) is 11.8 Å². The van der Waals surface area contributed by atoms with Crippen molar-refractivity contribution >= 4 is 40.3 Å². The summed E-state index contributed by atoms with van der Waals surface area (Å²) in [6.45, 7) is 0. The van der Waals surface area contributed by atoms with E-state index in [2.05, 4.69) is 0 Å². The molecule has 30 heavy (non-hydrogen) atoms. The topological polar surface area (TPSA) is 51.1 Å². The van der Waals surface area contributed by atoms with Crippen molar-refractivity contribution in [2.24, 2.45) is 4.99 Å². The van der Waals surface area contributed by atoms with Crippen LogP contribution in [-0.2, 0) is 4.79 Å². The lowest BCUT2D eigenvalue weighted by atomic mass is 10.1. The van der Waals surface area contributed by atoms with Gasteiger partial charge in [-0.05, 0) is 54.2 Å². The molecule has 5 nitrogen and oxygen atoms in total. The Balaban J connectivity index is 1.77. The largest absolute Gasteiger partial charge is 0.497 e. The van der Waals surface area contributed by atoms with Crippen LogP contribution in [0.4, 0.5) is 11.4 Å². The molecule has 0 N–H and O–H groups in total. The summed E-state index contributed by atoms with van der Waals surface area (Å²) in [5.41, 5.74) is 2.36. The van der Waals surface area contributed by atoms with Gasteiger partial charge in [0.25, 0.3) is 5.91 Å². The zero-order valence-corrected chi connectivity index (χ0v) is 17.4. The Kier molecular flexibility index (Phi) is 5.86. The van der Waals surface area contributed by atoms with Gasteiger partial charge in [-0.1, -0.05) is 36.4 Å². The first kappa shape index (κ1) is 19.8. The maximum Gasteiger partial charge on any atom is 0.271 e. The highest BCUT2D eigenvalue weighted by molar-refractivity contribution is 8.19. The summed E-state index contributed by atoms with van der Waals surface area (Å²) in [4.78, 5) is 20.2. The van der Waals surface area contributed by atoms with E-state index in [1.807, 2.05) is 78.9 Å². The lowest BCUT2D eigenvalue weighted by Crippen LogP contribution is -2.28. The highest BCUT2D eigenvalue weighted by Crippen LogP contribution is 2.38. The predicted octanol–water partition coefficient (Wildman–Crippen LogP) is 5.51. The number of hydrogen-bond acceptors (Lipinski definition) is 5. The van der Waals surface area contributed by atoms with Crippen molar-refractivity contribution in [3.63, 3.8) is 0 Å². The van der Waals surface area contributed by atoms with Gasteiger partial charge in [-0.3, -0.25) is 9.69 Å². The molecule has 0 bridgehead atoms. The Morgan fingerprint density at radius 1 is 0.900 bits per heavy atom. The summed E-state index contributed by atoms with van der Waals surface area (Å²) >= 11 is 1.34. The van der Waals surface area contributed by atoms with Crippen LogP contribution in [0.15, 0.2) is 88.8 Å². The molecular weight excluding hydrogens is 396 g/mol. The van der Waals surface area contributed by atoms with Crippen LogP contribution in [0.1, 0.15) is 5.56 Å². The molecule has 1 aliphatic heterocycles. The second-order valence-electron chi connectivity index (χ2n) is 6.42. The number of carbonyl (C=O) groups excluding carboxylic acids is 1. The number of methoxy groups -OCH3 is 2. The SMILES string of the molecule is COc1ccc(C=C2SC(=Nc3ccccc3)N(c3ccccc3)C2=O)c(OC)c1. The molecule has 0 saturated carbocycles. The zero-order chi connectivity index (χ0) is 20.9. The highest BCUT2D eigenvalue weighted by atomic mass is 32.2. The molecule has 1 amide bonds. The van der Waals surface area contributed by atoms with Crippen molar-refractivity contribution in [2.45, 2.75) is 0 Å². The first-order chi connectivity index (χ1) is 14.7. The van der Waals surface area contributed by atoms with Gasteiger partial charge in [-0.15, -0.1) is 0 Å². The highest BCUT2D eigenvalue weighted by Gasteiger charge is 2.34. The van der Waals surface area contributed by atoms with Crippen LogP contribution in [0, 0.1) is 0 Å². The molecule has 0 atom stereocenters. The number of amidine groups is 1. The minimum Gasteiger partial charge on any atom is -0.497 e. The van der Waals surface area contributed by atoms with Gasteiger partial charge in [0.1, 0.15) is 11.5 Å². The number of ether oxygens (including phenoxy) is 2. The van der Waals surface area contributed by atoms with Crippen LogP contribution in [0.5, 0.6) is 11.5 Å². The molecular formula is C24H20N2O3S. The third-order valence-electron chi connectivity index (χ3n) is 4.53. The normalized spacial score (nSPS) is 16.3. The van der Waals surface area contributed by atoms with E-state index in [0.29, 0.717) is 21.6 Å². The van der Waals surface area contributed by atoms with Crippen molar-refractivity contribution in [3.05, 3.63) is 89.3 Å². The quantitative estimate of drug-likeness (QED) is 0.515. The number of rotatable bonds is 5. The Bertz CT molecular complexity index is 1110. The fourth-order valence-corrected chi connectivity index (χ4v) is 4.04. The van der Waals surface area contributed by atoms with E-state index < -0.39 is 0 Å². The van der Waals surface area contributed by atoms with Crippen LogP contribution < -0.4 is 14.4 Å². The second kappa shape index (κ2) is 8.88. The summed E-state index contributed by atoms with van der Waals surface area (Å²) in [7, 11) is 3.20. The molecule has 4 rings (SSSR count). The van der Waals surface area contributed by atoms with Gasteiger partial charge in [0, 0.05) is 11.6 Å². The smallest absolute Gasteiger partial charge is 0.271 e. The molecule has 0 unspecified atom stereocenters. The molecule has 0 spiro atoms. The monoisotopic (exact) mass is 416 g/mol. The Morgan fingerprint density at radius 2 is 1.60 bits per heavy atom. The standard InChI is InChI=1S/C24H20N2O3S/c1-28-20-14-13-17(21(16-20)29-2)15-22-23(27)26(19-11-7-4-8-12-19)24(30-22)25-18-9-5-3-6-10-18/h3-16H,1-2H3. The zero-order valence-electron chi connectivity index (χ0n) is 16.6. The van der Waals surface area contributed by atoms with Gasteiger partial charge >= 0.3 is 0 Å². The molecule has 1 heterocycles. The lowest BCUT2D eigenvalue weighted by Gasteiger charge is -2.15. The first-order valence-corrected chi connectivity index (χ1v) is 10.2. The van der Waals surface area contributed by atoms with Crippen LogP contribution in [0.25, 0.3) is 6.08 Å². The predicted molar refractivity (Wildman–Crippen MR) is 123 cm³/mol. The van der Waals surface area contributed by atoms with Crippen molar-refractivity contribution in [2.75, 3.05) is 19.1 Å². The summed E-state index contributed by atoms with van der Waals surface area (Å²) in [6.07, 6.45) is 1.83. The molecule has 0 aromatic heterocycles. The van der Waals surface area contributed by atoms with E-state index in [4.69, 9.17) is 14.5 Å². The number of hydrogen-bond donors (Lipinski definition) is 0. The summed E-state index contributed by atoms with van der Waals surface area (Å²) in [5.74, 6) is 1.20. The third kappa shape index (κ3) is 4.09. The van der Waals surface area contributed by atoms with Gasteiger partial charge in [0.15, 0.2) is 5.17 Å². The maximum absolute atomic E-state index is 13.3. The lowest BCUT2D eigenvalue weighted by molar-refractivity contribution is -0.113. The summed E-state index contributed by atoms with van der Waals surface area (Å²) in [6, 6.07) is 24.6. The number of thioether (sulfide) groups is 1. The molecule has 1 saturated heterocycles. The van der Waals surface area contributed by atoms with Gasteiger partial charge in [-0.2, -0.15) is 0 Å². The fraction of sp³-hybridized carbons (Fsp3) is 0.0833. The number of nitrogens with zero attached hydrogens (tertiary/aromatic N) is 2. The van der Waals surface area contributed by atoms with Gasteiger partial charge in [-0.25, -0.2) is 4.99 Å². The molecule has 1 fully saturated rings. The van der Waals surface area contributed by atoms with Crippen LogP contribution >= 0.6 is 11.8 Å².